The Bertz CT molecular complexity index is 392. The molecule has 0 bridgehead atoms. The Kier molecular flexibility index (Phi) is 5.10. The van der Waals surface area contributed by atoms with E-state index in [1.807, 2.05) is 0 Å². The van der Waals surface area contributed by atoms with Crippen LogP contribution < -0.4 is 5.32 Å². The lowest BCUT2D eigenvalue weighted by molar-refractivity contribution is -0.140. The molecule has 1 atom stereocenters. The van der Waals surface area contributed by atoms with Crippen LogP contribution in [-0.2, 0) is 12.7 Å². The molecule has 0 aliphatic rings. The van der Waals surface area contributed by atoms with E-state index < -0.39 is 23.7 Å². The summed E-state index contributed by atoms with van der Waals surface area (Å²) < 4.78 is 50.3. The van der Waals surface area contributed by atoms with Crippen LogP contribution in [0.5, 0.6) is 0 Å². The molecule has 6 heteroatoms. The van der Waals surface area contributed by atoms with Gasteiger partial charge in [-0.25, -0.2) is 4.39 Å². The third-order valence-corrected chi connectivity index (χ3v) is 2.52. The van der Waals surface area contributed by atoms with Crippen LogP contribution in [-0.4, -0.2) is 17.8 Å². The van der Waals surface area contributed by atoms with Gasteiger partial charge in [-0.05, 0) is 24.1 Å². The summed E-state index contributed by atoms with van der Waals surface area (Å²) in [4.78, 5) is 0. The number of hydrogen-bond donors (Lipinski definition) is 2. The first-order valence-electron chi connectivity index (χ1n) is 5.59. The molecular weight excluding hydrogens is 250 g/mol. The number of halogens is 4. The molecule has 0 aromatic heterocycles. The minimum absolute atomic E-state index is 0.153. The first-order chi connectivity index (χ1) is 8.34. The van der Waals surface area contributed by atoms with Gasteiger partial charge in [0, 0.05) is 13.1 Å². The van der Waals surface area contributed by atoms with Gasteiger partial charge in [-0.1, -0.05) is 13.0 Å². The fraction of sp³-hybridized carbons (Fsp3) is 0.500. The third kappa shape index (κ3) is 4.27. The third-order valence-electron chi connectivity index (χ3n) is 2.52. The summed E-state index contributed by atoms with van der Waals surface area (Å²) in [5.41, 5.74) is -0.940. The number of benzene rings is 1. The highest BCUT2D eigenvalue weighted by Gasteiger charge is 2.34. The summed E-state index contributed by atoms with van der Waals surface area (Å²) in [5, 5.41) is 12.1. The zero-order valence-electron chi connectivity index (χ0n) is 9.89. The zero-order chi connectivity index (χ0) is 13.8. The zero-order valence-corrected chi connectivity index (χ0v) is 9.89. The van der Waals surface area contributed by atoms with Crippen molar-refractivity contribution in [3.63, 3.8) is 0 Å². The maximum atomic E-state index is 13.0. The molecule has 2 N–H and O–H groups in total. The van der Waals surface area contributed by atoms with Gasteiger partial charge in [-0.3, -0.25) is 0 Å². The first kappa shape index (κ1) is 14.9. The molecule has 0 radical (unpaired) electrons. The molecule has 1 rings (SSSR count). The van der Waals surface area contributed by atoms with Crippen LogP contribution in [0, 0.1) is 5.82 Å². The highest BCUT2D eigenvalue weighted by atomic mass is 19.4. The average Bonchev–Trinajstić information content (AvgIpc) is 2.29. The van der Waals surface area contributed by atoms with Gasteiger partial charge in [0.2, 0.25) is 0 Å². The monoisotopic (exact) mass is 265 g/mol. The topological polar surface area (TPSA) is 32.3 Å². The van der Waals surface area contributed by atoms with Gasteiger partial charge in [-0.15, -0.1) is 0 Å². The van der Waals surface area contributed by atoms with E-state index in [0.717, 1.165) is 12.1 Å². The highest BCUT2D eigenvalue weighted by molar-refractivity contribution is 5.27. The minimum Gasteiger partial charge on any atom is -0.392 e. The van der Waals surface area contributed by atoms with Gasteiger partial charge in [-0.2, -0.15) is 13.2 Å². The lowest BCUT2D eigenvalue weighted by Crippen LogP contribution is -2.25. The van der Waals surface area contributed by atoms with Crippen molar-refractivity contribution in [3.05, 3.63) is 35.1 Å². The molecule has 0 saturated carbocycles. The van der Waals surface area contributed by atoms with Crippen molar-refractivity contribution in [2.24, 2.45) is 0 Å². The fourth-order valence-electron chi connectivity index (χ4n) is 1.43. The van der Waals surface area contributed by atoms with Crippen LogP contribution >= 0.6 is 0 Å². The molecule has 1 aromatic carbocycles. The molecule has 102 valence electrons. The first-order valence-corrected chi connectivity index (χ1v) is 5.59. The Hall–Kier alpha value is -1.14. The molecule has 18 heavy (non-hydrogen) atoms. The maximum Gasteiger partial charge on any atom is 0.419 e. The van der Waals surface area contributed by atoms with E-state index in [9.17, 15) is 22.7 Å². The average molecular weight is 265 g/mol. The van der Waals surface area contributed by atoms with Crippen LogP contribution in [0.4, 0.5) is 17.6 Å². The van der Waals surface area contributed by atoms with E-state index in [1.54, 1.807) is 6.92 Å². The molecule has 2 nitrogen and oxygen atoms in total. The molecule has 0 amide bonds. The van der Waals surface area contributed by atoms with Crippen molar-refractivity contribution >= 4 is 0 Å². The van der Waals surface area contributed by atoms with Gasteiger partial charge in [0.1, 0.15) is 5.82 Å². The Balaban J connectivity index is 2.68. The summed E-state index contributed by atoms with van der Waals surface area (Å²) in [6.45, 7) is 2.24. The van der Waals surface area contributed by atoms with E-state index in [-0.39, 0.29) is 13.1 Å². The Morgan fingerprint density at radius 3 is 2.56 bits per heavy atom. The van der Waals surface area contributed by atoms with Gasteiger partial charge >= 0.3 is 6.18 Å². The summed E-state index contributed by atoms with van der Waals surface area (Å²) in [5.74, 6) is -1.28. The van der Waals surface area contributed by atoms with Gasteiger partial charge < -0.3 is 10.4 Å². The molecule has 0 aliphatic heterocycles. The van der Waals surface area contributed by atoms with Crippen LogP contribution in [0.3, 0.4) is 0 Å². The summed E-state index contributed by atoms with van der Waals surface area (Å²) in [6, 6.07) is 2.87. The standard InChI is InChI=1S/C12H15F4NO/c1-2-9(18)7-17-6-8-3-4-11(13)10(5-8)12(14,15)16/h3-5,9,17-18H,2,6-7H2,1H3. The number of hydrogen-bond acceptors (Lipinski definition) is 2. The SMILES string of the molecule is CCC(O)CNCc1ccc(F)c(C(F)(F)F)c1. The number of rotatable bonds is 5. The highest BCUT2D eigenvalue weighted by Crippen LogP contribution is 2.31. The van der Waals surface area contributed by atoms with Crippen LogP contribution in [0.2, 0.25) is 0 Å². The van der Waals surface area contributed by atoms with Crippen molar-refractivity contribution in [1.29, 1.82) is 0 Å². The number of aliphatic hydroxyl groups excluding tert-OH is 1. The molecule has 0 saturated heterocycles. The molecule has 1 aromatic rings. The molecule has 0 fully saturated rings. The Morgan fingerprint density at radius 1 is 1.33 bits per heavy atom. The summed E-state index contributed by atoms with van der Waals surface area (Å²) in [6.07, 6.45) is -4.67. The maximum absolute atomic E-state index is 13.0. The molecular formula is C12H15F4NO. The van der Waals surface area contributed by atoms with Crippen molar-refractivity contribution in [2.75, 3.05) is 6.54 Å². The number of nitrogens with one attached hydrogen (secondary N) is 1. The summed E-state index contributed by atoms with van der Waals surface area (Å²) >= 11 is 0. The second-order valence-corrected chi connectivity index (χ2v) is 4.00. The Morgan fingerprint density at radius 2 is 2.00 bits per heavy atom. The van der Waals surface area contributed by atoms with Crippen molar-refractivity contribution in [2.45, 2.75) is 32.2 Å². The van der Waals surface area contributed by atoms with E-state index in [4.69, 9.17) is 0 Å². The predicted octanol–water partition coefficient (Wildman–Crippen LogP) is 2.71. The molecule has 0 spiro atoms. The molecule has 0 heterocycles. The van der Waals surface area contributed by atoms with Crippen molar-refractivity contribution in [3.8, 4) is 0 Å². The van der Waals surface area contributed by atoms with E-state index in [2.05, 4.69) is 5.32 Å². The van der Waals surface area contributed by atoms with Crippen LogP contribution in [0.25, 0.3) is 0 Å². The van der Waals surface area contributed by atoms with E-state index >= 15 is 0 Å². The van der Waals surface area contributed by atoms with Gasteiger partial charge in [0.15, 0.2) is 0 Å². The van der Waals surface area contributed by atoms with E-state index in [0.29, 0.717) is 12.0 Å². The lowest BCUT2D eigenvalue weighted by atomic mass is 10.1. The van der Waals surface area contributed by atoms with Crippen molar-refractivity contribution < 1.29 is 22.7 Å². The molecule has 0 aliphatic carbocycles. The van der Waals surface area contributed by atoms with Crippen molar-refractivity contribution in [1.82, 2.24) is 5.32 Å². The lowest BCUT2D eigenvalue weighted by Gasteiger charge is -2.12. The predicted molar refractivity (Wildman–Crippen MR) is 59.4 cm³/mol. The largest absolute Gasteiger partial charge is 0.419 e. The quantitative estimate of drug-likeness (QED) is 0.802. The summed E-state index contributed by atoms with van der Waals surface area (Å²) in [7, 11) is 0. The number of aliphatic hydroxyl groups is 1. The minimum atomic E-state index is -4.69. The normalized spacial score (nSPS) is 13.7. The Labute approximate surface area is 103 Å². The fourth-order valence-corrected chi connectivity index (χ4v) is 1.43. The second kappa shape index (κ2) is 6.15. The number of alkyl halides is 3. The second-order valence-electron chi connectivity index (χ2n) is 4.00. The van der Waals surface area contributed by atoms with Crippen LogP contribution in [0.1, 0.15) is 24.5 Å². The van der Waals surface area contributed by atoms with Crippen LogP contribution in [0.15, 0.2) is 18.2 Å². The van der Waals surface area contributed by atoms with Gasteiger partial charge in [0.05, 0.1) is 11.7 Å². The smallest absolute Gasteiger partial charge is 0.392 e. The molecule has 1 unspecified atom stereocenters. The van der Waals surface area contributed by atoms with Gasteiger partial charge in [0.25, 0.3) is 0 Å². The van der Waals surface area contributed by atoms with E-state index in [1.165, 1.54) is 6.07 Å².